The van der Waals surface area contributed by atoms with Crippen LogP contribution in [-0.4, -0.2) is 5.75 Å². The van der Waals surface area contributed by atoms with Crippen molar-refractivity contribution in [3.8, 4) is 6.07 Å². The normalized spacial score (nSPS) is 11.8. The van der Waals surface area contributed by atoms with Crippen molar-refractivity contribution in [2.24, 2.45) is 0 Å². The van der Waals surface area contributed by atoms with E-state index >= 15 is 0 Å². The molecular weight excluding hydrogens is 250 g/mol. The zero-order valence-electron chi connectivity index (χ0n) is 11.3. The molecule has 0 spiro atoms. The third-order valence-electron chi connectivity index (χ3n) is 3.06. The van der Waals surface area contributed by atoms with Gasteiger partial charge in [-0.25, -0.2) is 0 Å². The molecule has 0 fully saturated rings. The van der Waals surface area contributed by atoms with E-state index in [1.54, 1.807) is 0 Å². The summed E-state index contributed by atoms with van der Waals surface area (Å²) in [6.45, 7) is 4.28. The maximum absolute atomic E-state index is 8.86. The van der Waals surface area contributed by atoms with Crippen LogP contribution in [0.15, 0.2) is 48.5 Å². The van der Waals surface area contributed by atoms with Gasteiger partial charge in [-0.1, -0.05) is 48.9 Å². The van der Waals surface area contributed by atoms with E-state index in [0.717, 1.165) is 5.75 Å². The molecule has 0 aliphatic heterocycles. The zero-order chi connectivity index (χ0) is 13.7. The first-order chi connectivity index (χ1) is 9.24. The molecule has 19 heavy (non-hydrogen) atoms. The van der Waals surface area contributed by atoms with E-state index in [2.05, 4.69) is 56.3 Å². The van der Waals surface area contributed by atoms with E-state index in [0.29, 0.717) is 10.8 Å². The predicted molar refractivity (Wildman–Crippen MR) is 82.3 cm³/mol. The van der Waals surface area contributed by atoms with Crippen molar-refractivity contribution in [3.05, 3.63) is 70.8 Å². The van der Waals surface area contributed by atoms with E-state index in [4.69, 9.17) is 5.26 Å². The van der Waals surface area contributed by atoms with Crippen LogP contribution in [0.2, 0.25) is 0 Å². The number of thioether (sulfide) groups is 1. The maximum atomic E-state index is 8.86. The van der Waals surface area contributed by atoms with Crippen LogP contribution < -0.4 is 0 Å². The summed E-state index contributed by atoms with van der Waals surface area (Å²) in [5.74, 6) is 1.07. The molecule has 0 saturated heterocycles. The van der Waals surface area contributed by atoms with E-state index in [9.17, 15) is 0 Å². The topological polar surface area (TPSA) is 23.8 Å². The number of nitrogens with zero attached hydrogens (tertiary/aromatic N) is 1. The second-order valence-corrected chi connectivity index (χ2v) is 5.86. The van der Waals surface area contributed by atoms with Gasteiger partial charge in [-0.2, -0.15) is 5.26 Å². The van der Waals surface area contributed by atoms with Crippen LogP contribution >= 0.6 is 11.8 Å². The number of benzene rings is 2. The lowest BCUT2D eigenvalue weighted by Gasteiger charge is -2.17. The number of hydrogen-bond acceptors (Lipinski definition) is 2. The van der Waals surface area contributed by atoms with Gasteiger partial charge in [0.1, 0.15) is 0 Å². The van der Waals surface area contributed by atoms with Gasteiger partial charge in [0.05, 0.1) is 16.9 Å². The molecule has 0 aliphatic carbocycles. The monoisotopic (exact) mass is 267 g/mol. The lowest BCUT2D eigenvalue weighted by Crippen LogP contribution is -1.97. The lowest BCUT2D eigenvalue weighted by atomic mass is 10.0. The van der Waals surface area contributed by atoms with Gasteiger partial charge >= 0.3 is 0 Å². The summed E-state index contributed by atoms with van der Waals surface area (Å²) in [6.07, 6.45) is 0. The molecule has 0 saturated carbocycles. The van der Waals surface area contributed by atoms with E-state index < -0.39 is 0 Å². The molecule has 0 heterocycles. The van der Waals surface area contributed by atoms with Gasteiger partial charge in [0, 0.05) is 0 Å². The summed E-state index contributed by atoms with van der Waals surface area (Å²) in [4.78, 5) is 0. The molecule has 2 heteroatoms. The van der Waals surface area contributed by atoms with Crippen LogP contribution in [0, 0.1) is 18.3 Å². The Morgan fingerprint density at radius 2 is 1.53 bits per heavy atom. The number of nitriles is 1. The molecule has 96 valence electrons. The summed E-state index contributed by atoms with van der Waals surface area (Å²) < 4.78 is 0. The van der Waals surface area contributed by atoms with Crippen LogP contribution in [0.25, 0.3) is 0 Å². The van der Waals surface area contributed by atoms with Crippen molar-refractivity contribution in [2.75, 3.05) is 5.75 Å². The molecule has 2 rings (SSSR count). The number of aryl methyl sites for hydroxylation is 1. The highest BCUT2D eigenvalue weighted by molar-refractivity contribution is 7.99. The Morgan fingerprint density at radius 1 is 1.00 bits per heavy atom. The van der Waals surface area contributed by atoms with E-state index in [1.165, 1.54) is 16.7 Å². The summed E-state index contributed by atoms with van der Waals surface area (Å²) >= 11 is 1.92. The number of hydrogen-bond donors (Lipinski definition) is 0. The van der Waals surface area contributed by atoms with Crippen molar-refractivity contribution >= 4 is 11.8 Å². The molecule has 1 atom stereocenters. The molecule has 0 amide bonds. The summed E-state index contributed by atoms with van der Waals surface area (Å²) in [7, 11) is 0. The fourth-order valence-electron chi connectivity index (χ4n) is 2.03. The minimum Gasteiger partial charge on any atom is -0.192 e. The Hall–Kier alpha value is -1.72. The van der Waals surface area contributed by atoms with E-state index in [-0.39, 0.29) is 0 Å². The Kier molecular flexibility index (Phi) is 4.65. The first-order valence-electron chi connectivity index (χ1n) is 6.43. The Bertz CT molecular complexity index is 564. The van der Waals surface area contributed by atoms with Crippen molar-refractivity contribution in [1.29, 1.82) is 5.26 Å². The molecule has 0 bridgehead atoms. The van der Waals surface area contributed by atoms with Crippen LogP contribution in [0.3, 0.4) is 0 Å². The zero-order valence-corrected chi connectivity index (χ0v) is 12.1. The standard InChI is InChI=1S/C17H17NS/c1-3-19-17(15-8-4-13(2)5-9-15)16-10-6-14(12-18)7-11-16/h4-11,17H,3H2,1-2H3. The van der Waals surface area contributed by atoms with Gasteiger partial charge in [0.2, 0.25) is 0 Å². The smallest absolute Gasteiger partial charge is 0.0991 e. The molecule has 0 aliphatic rings. The van der Waals surface area contributed by atoms with Gasteiger partial charge in [0.25, 0.3) is 0 Å². The highest BCUT2D eigenvalue weighted by Crippen LogP contribution is 2.35. The average molecular weight is 267 g/mol. The van der Waals surface area contributed by atoms with Crippen molar-refractivity contribution in [1.82, 2.24) is 0 Å². The second-order valence-electron chi connectivity index (χ2n) is 4.48. The van der Waals surface area contributed by atoms with Gasteiger partial charge < -0.3 is 0 Å². The first kappa shape index (κ1) is 13.7. The van der Waals surface area contributed by atoms with Crippen molar-refractivity contribution < 1.29 is 0 Å². The highest BCUT2D eigenvalue weighted by atomic mass is 32.2. The second kappa shape index (κ2) is 6.45. The molecule has 1 nitrogen and oxygen atoms in total. The van der Waals surface area contributed by atoms with Crippen LogP contribution in [-0.2, 0) is 0 Å². The molecule has 1 unspecified atom stereocenters. The van der Waals surface area contributed by atoms with Crippen molar-refractivity contribution in [2.45, 2.75) is 19.1 Å². The fraction of sp³-hybridized carbons (Fsp3) is 0.235. The Labute approximate surface area is 119 Å². The fourth-order valence-corrected chi connectivity index (χ4v) is 3.06. The number of rotatable bonds is 4. The quantitative estimate of drug-likeness (QED) is 0.801. The summed E-state index contributed by atoms with van der Waals surface area (Å²) in [6, 6.07) is 18.8. The van der Waals surface area contributed by atoms with Gasteiger partial charge in [-0.05, 0) is 35.9 Å². The average Bonchev–Trinajstić information content (AvgIpc) is 2.46. The minimum atomic E-state index is 0.346. The van der Waals surface area contributed by atoms with Crippen LogP contribution in [0.5, 0.6) is 0 Å². The highest BCUT2D eigenvalue weighted by Gasteiger charge is 2.13. The third-order valence-corrected chi connectivity index (χ3v) is 4.27. The first-order valence-corrected chi connectivity index (χ1v) is 7.47. The molecule has 0 aromatic heterocycles. The largest absolute Gasteiger partial charge is 0.192 e. The maximum Gasteiger partial charge on any atom is 0.0991 e. The lowest BCUT2D eigenvalue weighted by molar-refractivity contribution is 1.14. The molecule has 0 N–H and O–H groups in total. The molecule has 0 radical (unpaired) electrons. The molecule has 2 aromatic carbocycles. The summed E-state index contributed by atoms with van der Waals surface area (Å²) in [5.41, 5.74) is 4.58. The summed E-state index contributed by atoms with van der Waals surface area (Å²) in [5, 5.41) is 9.21. The van der Waals surface area contributed by atoms with Gasteiger partial charge in [-0.15, -0.1) is 11.8 Å². The Balaban J connectivity index is 2.33. The van der Waals surface area contributed by atoms with Gasteiger partial charge in [0.15, 0.2) is 0 Å². The molecule has 2 aromatic rings. The van der Waals surface area contributed by atoms with E-state index in [1.807, 2.05) is 23.9 Å². The van der Waals surface area contributed by atoms with Crippen LogP contribution in [0.1, 0.15) is 34.4 Å². The predicted octanol–water partition coefficient (Wildman–Crippen LogP) is 4.71. The minimum absolute atomic E-state index is 0.346. The molecular formula is C17H17NS. The van der Waals surface area contributed by atoms with Gasteiger partial charge in [-0.3, -0.25) is 0 Å². The SMILES string of the molecule is CCSC(c1ccc(C)cc1)c1ccc(C#N)cc1. The van der Waals surface area contributed by atoms with Crippen LogP contribution in [0.4, 0.5) is 0 Å². The Morgan fingerprint density at radius 3 is 2.00 bits per heavy atom. The third kappa shape index (κ3) is 3.39. The van der Waals surface area contributed by atoms with Crippen molar-refractivity contribution in [3.63, 3.8) is 0 Å².